The van der Waals surface area contributed by atoms with Crippen LogP contribution in [-0.2, 0) is 13.2 Å². The minimum Gasteiger partial charge on any atom is -0.486 e. The van der Waals surface area contributed by atoms with Crippen molar-refractivity contribution in [1.29, 1.82) is 0 Å². The summed E-state index contributed by atoms with van der Waals surface area (Å²) in [5.74, 6) is -0.191. The molecule has 4 heterocycles. The van der Waals surface area contributed by atoms with Crippen molar-refractivity contribution in [3.05, 3.63) is 98.8 Å². The second-order valence-electron chi connectivity index (χ2n) is 8.36. The molecular formula is C26H17ClN6O4S. The molecular weight excluding hydrogens is 528 g/mol. The number of halogens is 1. The molecule has 1 aliphatic heterocycles. The van der Waals surface area contributed by atoms with Crippen molar-refractivity contribution in [2.24, 2.45) is 0 Å². The molecule has 2 N–H and O–H groups in total. The van der Waals surface area contributed by atoms with Gasteiger partial charge in [0.05, 0.1) is 38.8 Å². The number of hydrogen-bond acceptors (Lipinski definition) is 8. The average Bonchev–Trinajstić information content (AvgIpc) is 3.61. The second kappa shape index (κ2) is 9.69. The summed E-state index contributed by atoms with van der Waals surface area (Å²) in [6.07, 6.45) is 3.06. The normalized spacial score (nSPS) is 12.7. The Bertz CT molecular complexity index is 1700. The van der Waals surface area contributed by atoms with E-state index >= 15 is 0 Å². The van der Waals surface area contributed by atoms with E-state index in [1.165, 1.54) is 6.33 Å². The van der Waals surface area contributed by atoms with Crippen LogP contribution in [0.4, 0.5) is 5.69 Å². The van der Waals surface area contributed by atoms with Crippen molar-refractivity contribution < 1.29 is 19.1 Å². The Morgan fingerprint density at radius 3 is 2.79 bits per heavy atom. The number of anilines is 1. The first-order chi connectivity index (χ1) is 18.5. The third-order valence-electron chi connectivity index (χ3n) is 5.87. The zero-order chi connectivity index (χ0) is 26.2. The number of ether oxygens (including phenoxy) is 1. The fourth-order valence-corrected chi connectivity index (χ4v) is 5.09. The Labute approximate surface area is 224 Å². The third kappa shape index (κ3) is 4.49. The van der Waals surface area contributed by atoms with Crippen LogP contribution in [0.25, 0.3) is 11.2 Å². The molecule has 0 saturated heterocycles. The predicted molar refractivity (Wildman–Crippen MR) is 140 cm³/mol. The number of amides is 3. The van der Waals surface area contributed by atoms with Crippen molar-refractivity contribution in [3.8, 4) is 5.75 Å². The zero-order valence-electron chi connectivity index (χ0n) is 19.5. The van der Waals surface area contributed by atoms with Crippen LogP contribution in [0.1, 0.15) is 41.8 Å². The van der Waals surface area contributed by atoms with Gasteiger partial charge < -0.3 is 15.0 Å². The molecule has 0 unspecified atom stereocenters. The molecule has 3 aromatic heterocycles. The smallest absolute Gasteiger partial charge is 0.265 e. The standard InChI is InChI=1S/C26H17ClN6O4S/c27-20-8-7-19(38-20)24(34)31-17-6-2-5-16-22(17)26(36)33(25(16)35)11-14-3-1-4-15(9-14)37-12-21-30-18-10-28-13-29-23(18)32-21/h1-10,13H,11-12H2,(H,31,34)(H,28,29,30,32). The van der Waals surface area contributed by atoms with E-state index in [1.807, 2.05) is 0 Å². The largest absolute Gasteiger partial charge is 0.486 e. The molecule has 0 saturated carbocycles. The maximum Gasteiger partial charge on any atom is 0.265 e. The summed E-state index contributed by atoms with van der Waals surface area (Å²) in [5.41, 5.74) is 2.62. The van der Waals surface area contributed by atoms with E-state index in [-0.39, 0.29) is 30.0 Å². The van der Waals surface area contributed by atoms with Crippen LogP contribution in [0, 0.1) is 0 Å². The Hall–Kier alpha value is -4.61. The third-order valence-corrected chi connectivity index (χ3v) is 7.10. The van der Waals surface area contributed by atoms with Crippen LogP contribution in [-0.4, -0.2) is 42.6 Å². The number of aromatic amines is 1. The van der Waals surface area contributed by atoms with Crippen molar-refractivity contribution in [2.45, 2.75) is 13.2 Å². The number of rotatable bonds is 7. The molecule has 2 aromatic carbocycles. The fraction of sp³-hybridized carbons (Fsp3) is 0.0769. The van der Waals surface area contributed by atoms with E-state index in [1.54, 1.807) is 60.8 Å². The number of aromatic nitrogens is 4. The highest BCUT2D eigenvalue weighted by Gasteiger charge is 2.37. The number of carbonyl (C=O) groups excluding carboxylic acids is 3. The minimum atomic E-state index is -0.486. The molecule has 3 amide bonds. The molecule has 0 spiro atoms. The van der Waals surface area contributed by atoms with E-state index in [2.05, 4.69) is 25.3 Å². The monoisotopic (exact) mass is 544 g/mol. The number of carbonyl (C=O) groups is 3. The summed E-state index contributed by atoms with van der Waals surface area (Å²) in [6, 6.07) is 15.1. The van der Waals surface area contributed by atoms with E-state index in [9.17, 15) is 14.4 Å². The van der Waals surface area contributed by atoms with Gasteiger partial charge in [-0.2, -0.15) is 0 Å². The molecule has 5 aromatic rings. The Balaban J connectivity index is 1.17. The van der Waals surface area contributed by atoms with E-state index in [0.717, 1.165) is 16.2 Å². The van der Waals surface area contributed by atoms with Gasteiger partial charge in [0, 0.05) is 0 Å². The Morgan fingerprint density at radius 1 is 1.11 bits per heavy atom. The number of H-pyrrole nitrogens is 1. The van der Waals surface area contributed by atoms with Crippen molar-refractivity contribution in [2.75, 3.05) is 5.32 Å². The molecule has 0 bridgehead atoms. The van der Waals surface area contributed by atoms with Crippen LogP contribution in [0.2, 0.25) is 4.34 Å². The predicted octanol–water partition coefficient (Wildman–Crippen LogP) is 4.70. The summed E-state index contributed by atoms with van der Waals surface area (Å²) in [7, 11) is 0. The minimum absolute atomic E-state index is 0.0394. The summed E-state index contributed by atoms with van der Waals surface area (Å²) in [4.78, 5) is 56.1. The number of benzene rings is 2. The second-order valence-corrected chi connectivity index (χ2v) is 10.1. The van der Waals surface area contributed by atoms with E-state index < -0.39 is 17.7 Å². The van der Waals surface area contributed by atoms with Gasteiger partial charge in [0.2, 0.25) is 0 Å². The first-order valence-corrected chi connectivity index (χ1v) is 12.6. The van der Waals surface area contributed by atoms with Gasteiger partial charge in [-0.25, -0.2) is 15.0 Å². The summed E-state index contributed by atoms with van der Waals surface area (Å²) < 4.78 is 6.34. The van der Waals surface area contributed by atoms with Gasteiger partial charge in [-0.05, 0) is 42.0 Å². The van der Waals surface area contributed by atoms with Crippen LogP contribution < -0.4 is 10.1 Å². The lowest BCUT2D eigenvalue weighted by atomic mass is 10.1. The lowest BCUT2D eigenvalue weighted by Crippen LogP contribution is -2.29. The van der Waals surface area contributed by atoms with Gasteiger partial charge in [0.1, 0.15) is 30.0 Å². The van der Waals surface area contributed by atoms with Gasteiger partial charge in [-0.3, -0.25) is 19.3 Å². The quantitative estimate of drug-likeness (QED) is 0.284. The van der Waals surface area contributed by atoms with Crippen molar-refractivity contribution in [1.82, 2.24) is 24.8 Å². The number of imidazole rings is 1. The average molecular weight is 545 g/mol. The fourth-order valence-electron chi connectivity index (χ4n) is 4.15. The molecule has 0 atom stereocenters. The van der Waals surface area contributed by atoms with Crippen LogP contribution in [0.5, 0.6) is 5.75 Å². The number of nitrogens with zero attached hydrogens (tertiary/aromatic N) is 4. The lowest BCUT2D eigenvalue weighted by molar-refractivity contribution is 0.0642. The zero-order valence-corrected chi connectivity index (χ0v) is 21.0. The maximum absolute atomic E-state index is 13.3. The molecule has 12 heteroatoms. The molecule has 6 rings (SSSR count). The van der Waals surface area contributed by atoms with Gasteiger partial charge in [-0.1, -0.05) is 29.8 Å². The van der Waals surface area contributed by atoms with E-state index in [4.69, 9.17) is 16.3 Å². The van der Waals surface area contributed by atoms with Gasteiger partial charge in [0.25, 0.3) is 17.7 Å². The van der Waals surface area contributed by atoms with Gasteiger partial charge >= 0.3 is 0 Å². The number of imide groups is 1. The summed E-state index contributed by atoms with van der Waals surface area (Å²) >= 11 is 7.06. The molecule has 188 valence electrons. The summed E-state index contributed by atoms with van der Waals surface area (Å²) in [5, 5.41) is 2.73. The molecule has 38 heavy (non-hydrogen) atoms. The molecule has 0 radical (unpaired) electrons. The van der Waals surface area contributed by atoms with Crippen molar-refractivity contribution >= 4 is 57.5 Å². The van der Waals surface area contributed by atoms with Crippen LogP contribution >= 0.6 is 22.9 Å². The Kier molecular flexibility index (Phi) is 6.06. The first kappa shape index (κ1) is 23.8. The Morgan fingerprint density at radius 2 is 1.97 bits per heavy atom. The highest BCUT2D eigenvalue weighted by molar-refractivity contribution is 7.18. The summed E-state index contributed by atoms with van der Waals surface area (Å²) in [6.45, 7) is 0.211. The van der Waals surface area contributed by atoms with Crippen LogP contribution in [0.15, 0.2) is 67.1 Å². The molecule has 1 aliphatic rings. The maximum atomic E-state index is 13.3. The SMILES string of the molecule is O=C(Nc1cccc2c1C(=O)N(Cc1cccc(OCc3nc4ncncc4[nH]3)c1)C2=O)c1ccc(Cl)s1. The number of thiophene rings is 1. The topological polar surface area (TPSA) is 130 Å². The first-order valence-electron chi connectivity index (χ1n) is 11.4. The number of nitrogens with one attached hydrogen (secondary N) is 2. The van der Waals surface area contributed by atoms with Crippen LogP contribution in [0.3, 0.4) is 0 Å². The highest BCUT2D eigenvalue weighted by atomic mass is 35.5. The highest BCUT2D eigenvalue weighted by Crippen LogP contribution is 2.32. The van der Waals surface area contributed by atoms with Gasteiger partial charge in [0.15, 0.2) is 5.65 Å². The lowest BCUT2D eigenvalue weighted by Gasteiger charge is -2.15. The number of hydrogen-bond donors (Lipinski definition) is 2. The van der Waals surface area contributed by atoms with E-state index in [0.29, 0.717) is 37.5 Å². The molecule has 10 nitrogen and oxygen atoms in total. The number of fused-ring (bicyclic) bond motifs is 2. The van der Waals surface area contributed by atoms with Crippen molar-refractivity contribution in [3.63, 3.8) is 0 Å². The molecule has 0 aliphatic carbocycles. The molecule has 0 fully saturated rings. The van der Waals surface area contributed by atoms with Gasteiger partial charge in [-0.15, -0.1) is 11.3 Å².